The van der Waals surface area contributed by atoms with Crippen molar-refractivity contribution in [3.8, 4) is 0 Å². The van der Waals surface area contributed by atoms with E-state index in [-0.39, 0.29) is 11.6 Å². The number of aryl methyl sites for hydroxylation is 2. The molecule has 3 aromatic carbocycles. The van der Waals surface area contributed by atoms with E-state index in [0.717, 1.165) is 37.2 Å². The Morgan fingerprint density at radius 3 is 1.56 bits per heavy atom. The number of rotatable bonds is 12. The van der Waals surface area contributed by atoms with Gasteiger partial charge in [-0.15, -0.1) is 0 Å². The van der Waals surface area contributed by atoms with Gasteiger partial charge in [0.25, 0.3) is 0 Å². The number of Topliss-reactive ketones (excluding diaryl/α,β-unsaturated/α-hetero) is 1. The van der Waals surface area contributed by atoms with Crippen LogP contribution in [0.25, 0.3) is 0 Å². The summed E-state index contributed by atoms with van der Waals surface area (Å²) in [6.45, 7) is 30.1. The molecule has 3 atom stereocenters. The van der Waals surface area contributed by atoms with Gasteiger partial charge in [0.15, 0.2) is 5.78 Å². The van der Waals surface area contributed by atoms with Crippen LogP contribution in [0, 0.1) is 31.5 Å². The molecule has 0 aliphatic rings. The number of carbonyl (C=O) groups excluding carboxylic acids is 1. The molecule has 0 saturated heterocycles. The maximum absolute atomic E-state index is 12.7. The number of carbonyl (C=O) groups is 1. The second-order valence-electron chi connectivity index (χ2n) is 13.2. The number of benzene rings is 3. The van der Waals surface area contributed by atoms with Crippen LogP contribution in [0.5, 0.6) is 0 Å². The Balaban J connectivity index is 0. The topological polar surface area (TPSA) is 17.1 Å². The van der Waals surface area contributed by atoms with Crippen LogP contribution in [0.3, 0.4) is 0 Å². The highest BCUT2D eigenvalue weighted by atomic mass is 19.1. The maximum atomic E-state index is 12.7. The molecular formula is C46H73FO. The van der Waals surface area contributed by atoms with Gasteiger partial charge in [0, 0.05) is 12.0 Å². The summed E-state index contributed by atoms with van der Waals surface area (Å²) in [6.07, 6.45) is 9.78. The van der Waals surface area contributed by atoms with Crippen LogP contribution in [0.15, 0.2) is 84.4 Å². The van der Waals surface area contributed by atoms with Crippen LogP contribution < -0.4 is 0 Å². The summed E-state index contributed by atoms with van der Waals surface area (Å²) in [5, 5.41) is 0. The van der Waals surface area contributed by atoms with Gasteiger partial charge < -0.3 is 0 Å². The van der Waals surface area contributed by atoms with Crippen molar-refractivity contribution in [1.29, 1.82) is 0 Å². The smallest absolute Gasteiger partial charge is 0.162 e. The van der Waals surface area contributed by atoms with Crippen molar-refractivity contribution in [2.75, 3.05) is 0 Å². The van der Waals surface area contributed by atoms with Crippen LogP contribution in [0.1, 0.15) is 172 Å². The highest BCUT2D eigenvalue weighted by Crippen LogP contribution is 2.34. The van der Waals surface area contributed by atoms with Gasteiger partial charge in [-0.05, 0) is 87.0 Å². The second-order valence-corrected chi connectivity index (χ2v) is 13.2. The molecule has 0 spiro atoms. The Morgan fingerprint density at radius 1 is 0.708 bits per heavy atom. The van der Waals surface area contributed by atoms with Crippen molar-refractivity contribution in [2.24, 2.45) is 11.8 Å². The fourth-order valence-corrected chi connectivity index (χ4v) is 4.70. The Kier molecular flexibility index (Phi) is 28.4. The second kappa shape index (κ2) is 29.0. The van der Waals surface area contributed by atoms with Gasteiger partial charge in [-0.1, -0.05) is 179 Å². The highest BCUT2D eigenvalue weighted by molar-refractivity contribution is 5.96. The number of hydrogen-bond donors (Lipinski definition) is 0. The SMILES string of the molecule is CC.CCC.CCC(C)C.CCC(C)c1ccc(F)cc1.CCCC=C(C)[C@H](CCC(=O)c1ccc(C)cc1)[C@H](C)c1ccc(C)cc1. The van der Waals surface area contributed by atoms with Crippen molar-refractivity contribution in [3.05, 3.63) is 118 Å². The zero-order valence-corrected chi connectivity index (χ0v) is 33.6. The fourth-order valence-electron chi connectivity index (χ4n) is 4.70. The van der Waals surface area contributed by atoms with Crippen LogP contribution >= 0.6 is 0 Å². The van der Waals surface area contributed by atoms with Crippen molar-refractivity contribution in [3.63, 3.8) is 0 Å². The summed E-state index contributed by atoms with van der Waals surface area (Å²) in [7, 11) is 0. The van der Waals surface area contributed by atoms with Crippen LogP contribution in [0.2, 0.25) is 0 Å². The van der Waals surface area contributed by atoms with E-state index in [9.17, 15) is 9.18 Å². The van der Waals surface area contributed by atoms with Crippen molar-refractivity contribution < 1.29 is 9.18 Å². The Labute approximate surface area is 297 Å². The molecule has 3 rings (SSSR count). The predicted octanol–water partition coefficient (Wildman–Crippen LogP) is 15.3. The maximum Gasteiger partial charge on any atom is 0.162 e. The molecule has 0 bridgehead atoms. The van der Waals surface area contributed by atoms with Gasteiger partial charge in [0.05, 0.1) is 0 Å². The molecular weight excluding hydrogens is 588 g/mol. The monoisotopic (exact) mass is 661 g/mol. The number of halogens is 1. The van der Waals surface area contributed by atoms with Crippen molar-refractivity contribution in [1.82, 2.24) is 0 Å². The number of hydrogen-bond acceptors (Lipinski definition) is 1. The average molecular weight is 661 g/mol. The van der Waals surface area contributed by atoms with Crippen LogP contribution in [-0.4, -0.2) is 5.78 Å². The molecule has 1 unspecified atom stereocenters. The molecule has 0 aromatic heterocycles. The Hall–Kier alpha value is -3.00. The minimum atomic E-state index is -0.156. The van der Waals surface area contributed by atoms with Gasteiger partial charge >= 0.3 is 0 Å². The fraction of sp³-hybridized carbons (Fsp3) is 0.543. The third-order valence-corrected chi connectivity index (χ3v) is 8.47. The average Bonchev–Trinajstić information content (AvgIpc) is 3.09. The lowest BCUT2D eigenvalue weighted by molar-refractivity contribution is 0.0974. The number of allylic oxidation sites excluding steroid dienone is 2. The molecule has 1 nitrogen and oxygen atoms in total. The summed E-state index contributed by atoms with van der Waals surface area (Å²) >= 11 is 0. The first-order valence-corrected chi connectivity index (χ1v) is 18.9. The number of unbranched alkanes of at least 4 members (excludes halogenated alkanes) is 1. The molecule has 0 amide bonds. The molecule has 3 aromatic rings. The van der Waals surface area contributed by atoms with Gasteiger partial charge in [-0.3, -0.25) is 4.79 Å². The van der Waals surface area contributed by atoms with E-state index in [4.69, 9.17) is 0 Å². The predicted molar refractivity (Wildman–Crippen MR) is 214 cm³/mol. The quantitative estimate of drug-likeness (QED) is 0.140. The van der Waals surface area contributed by atoms with Crippen molar-refractivity contribution in [2.45, 2.75) is 154 Å². The van der Waals surface area contributed by atoms with E-state index in [1.807, 2.05) is 50.2 Å². The zero-order valence-electron chi connectivity index (χ0n) is 33.6. The minimum absolute atomic E-state index is 0.156. The van der Waals surface area contributed by atoms with Crippen molar-refractivity contribution >= 4 is 5.78 Å². The molecule has 0 fully saturated rings. The summed E-state index contributed by atoms with van der Waals surface area (Å²) in [4.78, 5) is 12.7. The number of ketones is 1. The van der Waals surface area contributed by atoms with E-state index in [2.05, 4.69) is 113 Å². The van der Waals surface area contributed by atoms with Gasteiger partial charge in [-0.2, -0.15) is 0 Å². The van der Waals surface area contributed by atoms with Crippen LogP contribution in [0.4, 0.5) is 4.39 Å². The molecule has 0 aliphatic heterocycles. The first-order valence-electron chi connectivity index (χ1n) is 18.9. The van der Waals surface area contributed by atoms with Gasteiger partial charge in [0.1, 0.15) is 5.82 Å². The third kappa shape index (κ3) is 21.1. The summed E-state index contributed by atoms with van der Waals surface area (Å²) in [6, 6.07) is 23.5. The third-order valence-electron chi connectivity index (χ3n) is 8.47. The first-order chi connectivity index (χ1) is 22.8. The summed E-state index contributed by atoms with van der Waals surface area (Å²) < 4.78 is 12.5. The first kappa shape index (κ1) is 47.1. The van der Waals surface area contributed by atoms with Gasteiger partial charge in [-0.25, -0.2) is 4.39 Å². The largest absolute Gasteiger partial charge is 0.294 e. The normalized spacial score (nSPS) is 12.4. The molecule has 48 heavy (non-hydrogen) atoms. The summed E-state index contributed by atoms with van der Waals surface area (Å²) in [5.74, 6) is 2.32. The molecule has 0 N–H and O–H groups in total. The molecule has 0 saturated carbocycles. The lowest BCUT2D eigenvalue weighted by atomic mass is 9.79. The lowest BCUT2D eigenvalue weighted by Crippen LogP contribution is -2.14. The lowest BCUT2D eigenvalue weighted by Gasteiger charge is -2.26. The molecule has 2 heteroatoms. The highest BCUT2D eigenvalue weighted by Gasteiger charge is 2.22. The zero-order chi connectivity index (χ0) is 37.1. The summed E-state index contributed by atoms with van der Waals surface area (Å²) in [5.41, 5.74) is 7.30. The van der Waals surface area contributed by atoms with E-state index < -0.39 is 0 Å². The molecule has 0 heterocycles. The van der Waals surface area contributed by atoms with E-state index in [0.29, 0.717) is 24.2 Å². The molecule has 270 valence electrons. The Morgan fingerprint density at radius 2 is 1.15 bits per heavy atom. The standard InChI is InChI=1S/C26H34O.C10H13F.C5H12.C3H8.C2H6/c1-6-7-8-21(4)25(22(5)23-13-9-19(2)10-14-23)17-18-26(27)24-15-11-20(3)12-16-24;1-3-8(2)9-4-6-10(11)7-5-9;1-4-5(2)3;1-3-2;1-2/h8-16,22,25H,6-7,17-18H2,1-5H3;4-8H,3H2,1-2H3;5H,4H2,1-3H3;3H2,1-2H3;1-2H3/t22-,25+;;;;/m1..../s1. The molecule has 0 aliphatic carbocycles. The molecule has 0 radical (unpaired) electrons. The van der Waals surface area contributed by atoms with E-state index in [1.165, 1.54) is 52.8 Å². The minimum Gasteiger partial charge on any atom is -0.294 e. The Bertz CT molecular complexity index is 1200. The van der Waals surface area contributed by atoms with E-state index >= 15 is 0 Å². The van der Waals surface area contributed by atoms with Gasteiger partial charge in [0.2, 0.25) is 0 Å². The van der Waals surface area contributed by atoms with Crippen LogP contribution in [-0.2, 0) is 0 Å². The van der Waals surface area contributed by atoms with E-state index in [1.54, 1.807) is 0 Å².